The van der Waals surface area contributed by atoms with Crippen LogP contribution in [-0.2, 0) is 0 Å². The van der Waals surface area contributed by atoms with Gasteiger partial charge in [0.15, 0.2) is 0 Å². The minimum atomic E-state index is -0.515. The number of nitriles is 1. The van der Waals surface area contributed by atoms with Crippen LogP contribution in [0.2, 0.25) is 0 Å². The first-order chi connectivity index (χ1) is 10.2. The van der Waals surface area contributed by atoms with Crippen LogP contribution in [0.15, 0.2) is 48.7 Å². The molecule has 0 unspecified atom stereocenters. The first kappa shape index (κ1) is 12.9. The fraction of sp³-hybridized carbons (Fsp3) is 0. The van der Waals surface area contributed by atoms with Crippen LogP contribution in [0.5, 0.6) is 0 Å². The lowest BCUT2D eigenvalue weighted by atomic mass is 10.1. The number of benzene rings is 2. The van der Waals surface area contributed by atoms with Crippen molar-refractivity contribution in [2.45, 2.75) is 0 Å². The summed E-state index contributed by atoms with van der Waals surface area (Å²) in [6, 6.07) is 12.6. The van der Waals surface area contributed by atoms with E-state index in [-0.39, 0.29) is 17.2 Å². The Labute approximate surface area is 119 Å². The summed E-state index contributed by atoms with van der Waals surface area (Å²) < 4.78 is 13.1. The van der Waals surface area contributed by atoms with Crippen LogP contribution < -0.4 is 5.32 Å². The van der Waals surface area contributed by atoms with E-state index in [2.05, 4.69) is 10.3 Å². The monoisotopic (exact) mass is 279 g/mol. The topological polar surface area (TPSA) is 68.7 Å². The van der Waals surface area contributed by atoms with E-state index in [0.717, 1.165) is 17.0 Å². The number of nitrogens with zero attached hydrogens (tertiary/aromatic N) is 1. The number of hydrogen-bond acceptors (Lipinski definition) is 2. The van der Waals surface area contributed by atoms with E-state index >= 15 is 0 Å². The second-order valence-corrected chi connectivity index (χ2v) is 4.54. The van der Waals surface area contributed by atoms with Gasteiger partial charge in [0.2, 0.25) is 0 Å². The van der Waals surface area contributed by atoms with Crippen LogP contribution in [0.1, 0.15) is 15.9 Å². The van der Waals surface area contributed by atoms with Crippen molar-refractivity contribution in [3.63, 3.8) is 0 Å². The van der Waals surface area contributed by atoms with Crippen molar-refractivity contribution in [3.8, 4) is 6.07 Å². The van der Waals surface area contributed by atoms with E-state index in [0.29, 0.717) is 5.56 Å². The largest absolute Gasteiger partial charge is 0.361 e. The van der Waals surface area contributed by atoms with E-state index in [1.165, 1.54) is 12.1 Å². The molecule has 0 aliphatic rings. The smallest absolute Gasteiger partial charge is 0.255 e. The zero-order valence-corrected chi connectivity index (χ0v) is 10.9. The Morgan fingerprint density at radius 2 is 2.05 bits per heavy atom. The number of amides is 1. The molecule has 0 radical (unpaired) electrons. The number of nitrogens with one attached hydrogen (secondary N) is 2. The molecule has 3 aromatic rings. The molecule has 3 rings (SSSR count). The third kappa shape index (κ3) is 2.47. The van der Waals surface area contributed by atoms with Crippen molar-refractivity contribution in [1.82, 2.24) is 4.98 Å². The van der Waals surface area contributed by atoms with E-state index in [1.807, 2.05) is 12.1 Å². The van der Waals surface area contributed by atoms with Gasteiger partial charge in [0.25, 0.3) is 5.91 Å². The van der Waals surface area contributed by atoms with Gasteiger partial charge in [-0.3, -0.25) is 4.79 Å². The van der Waals surface area contributed by atoms with Crippen LogP contribution in [0.3, 0.4) is 0 Å². The Balaban J connectivity index is 1.91. The van der Waals surface area contributed by atoms with Crippen LogP contribution in [0, 0.1) is 17.1 Å². The first-order valence-electron chi connectivity index (χ1n) is 6.25. The second-order valence-electron chi connectivity index (χ2n) is 4.54. The van der Waals surface area contributed by atoms with E-state index in [1.54, 1.807) is 24.4 Å². The maximum Gasteiger partial charge on any atom is 0.255 e. The molecule has 5 heteroatoms. The van der Waals surface area contributed by atoms with Crippen LogP contribution in [0.4, 0.5) is 10.1 Å². The minimum Gasteiger partial charge on any atom is -0.361 e. The lowest BCUT2D eigenvalue weighted by Crippen LogP contribution is -2.12. The molecule has 0 aliphatic heterocycles. The predicted octanol–water partition coefficient (Wildman–Crippen LogP) is 3.43. The SMILES string of the molecule is N#Cc1cc(F)ccc1NC(=O)c1ccc2[nH]ccc2c1. The molecule has 4 nitrogen and oxygen atoms in total. The highest BCUT2D eigenvalue weighted by Gasteiger charge is 2.10. The molecule has 0 atom stereocenters. The molecule has 0 spiro atoms. The Hall–Kier alpha value is -3.13. The molecule has 2 aromatic carbocycles. The van der Waals surface area contributed by atoms with E-state index < -0.39 is 5.82 Å². The highest BCUT2D eigenvalue weighted by Crippen LogP contribution is 2.19. The van der Waals surface area contributed by atoms with Crippen LogP contribution in [-0.4, -0.2) is 10.9 Å². The molecule has 0 aliphatic carbocycles. The van der Waals surface area contributed by atoms with Gasteiger partial charge < -0.3 is 10.3 Å². The Kier molecular flexibility index (Phi) is 3.13. The van der Waals surface area contributed by atoms with Gasteiger partial charge in [-0.1, -0.05) is 0 Å². The molecular formula is C16H10FN3O. The second kappa shape index (κ2) is 5.10. The number of rotatable bonds is 2. The zero-order chi connectivity index (χ0) is 14.8. The standard InChI is InChI=1S/C16H10FN3O/c17-13-2-4-15(12(8-13)9-18)20-16(21)11-1-3-14-10(7-11)5-6-19-14/h1-8,19H,(H,20,21). The van der Waals surface area contributed by atoms with Crippen molar-refractivity contribution >= 4 is 22.5 Å². The summed E-state index contributed by atoms with van der Waals surface area (Å²) in [5, 5.41) is 12.5. The number of carbonyl (C=O) groups excluding carboxylic acids is 1. The number of halogens is 1. The van der Waals surface area contributed by atoms with Crippen molar-refractivity contribution in [1.29, 1.82) is 5.26 Å². The number of aromatic amines is 1. The summed E-state index contributed by atoms with van der Waals surface area (Å²) in [4.78, 5) is 15.3. The Morgan fingerprint density at radius 3 is 2.86 bits per heavy atom. The Morgan fingerprint density at radius 1 is 1.19 bits per heavy atom. The summed E-state index contributed by atoms with van der Waals surface area (Å²) in [6.45, 7) is 0. The lowest BCUT2D eigenvalue weighted by molar-refractivity contribution is 0.102. The van der Waals surface area contributed by atoms with Gasteiger partial charge in [-0.2, -0.15) is 5.26 Å². The van der Waals surface area contributed by atoms with Crippen molar-refractivity contribution in [2.24, 2.45) is 0 Å². The normalized spacial score (nSPS) is 10.3. The number of hydrogen-bond donors (Lipinski definition) is 2. The van der Waals surface area contributed by atoms with Crippen molar-refractivity contribution < 1.29 is 9.18 Å². The van der Waals surface area contributed by atoms with Gasteiger partial charge >= 0.3 is 0 Å². The van der Waals surface area contributed by atoms with Gasteiger partial charge in [0, 0.05) is 22.7 Å². The zero-order valence-electron chi connectivity index (χ0n) is 10.9. The third-order valence-corrected chi connectivity index (χ3v) is 3.17. The molecular weight excluding hydrogens is 269 g/mol. The Bertz CT molecular complexity index is 877. The molecule has 1 amide bonds. The molecule has 0 bridgehead atoms. The third-order valence-electron chi connectivity index (χ3n) is 3.17. The predicted molar refractivity (Wildman–Crippen MR) is 77.4 cm³/mol. The van der Waals surface area contributed by atoms with Crippen LogP contribution in [0.25, 0.3) is 10.9 Å². The molecule has 21 heavy (non-hydrogen) atoms. The fourth-order valence-electron chi connectivity index (χ4n) is 2.11. The number of aromatic nitrogens is 1. The van der Waals surface area contributed by atoms with Gasteiger partial charge in [0.05, 0.1) is 11.3 Å². The highest BCUT2D eigenvalue weighted by molar-refractivity contribution is 6.06. The van der Waals surface area contributed by atoms with Gasteiger partial charge in [-0.25, -0.2) is 4.39 Å². The fourth-order valence-corrected chi connectivity index (χ4v) is 2.11. The van der Waals surface area contributed by atoms with Gasteiger partial charge in [0.1, 0.15) is 11.9 Å². The molecule has 0 saturated heterocycles. The molecule has 102 valence electrons. The van der Waals surface area contributed by atoms with E-state index in [9.17, 15) is 9.18 Å². The highest BCUT2D eigenvalue weighted by atomic mass is 19.1. The summed E-state index contributed by atoms with van der Waals surface area (Å²) in [5.74, 6) is -0.862. The number of anilines is 1. The van der Waals surface area contributed by atoms with E-state index in [4.69, 9.17) is 5.26 Å². The average molecular weight is 279 g/mol. The average Bonchev–Trinajstić information content (AvgIpc) is 2.96. The summed E-state index contributed by atoms with van der Waals surface area (Å²) in [5.41, 5.74) is 1.78. The number of fused-ring (bicyclic) bond motifs is 1. The molecule has 0 saturated carbocycles. The number of carbonyl (C=O) groups is 1. The van der Waals surface area contributed by atoms with Gasteiger partial charge in [-0.15, -0.1) is 0 Å². The van der Waals surface area contributed by atoms with Crippen molar-refractivity contribution in [3.05, 3.63) is 65.6 Å². The van der Waals surface area contributed by atoms with Crippen molar-refractivity contribution in [2.75, 3.05) is 5.32 Å². The number of H-pyrrole nitrogens is 1. The van der Waals surface area contributed by atoms with Crippen LogP contribution >= 0.6 is 0 Å². The first-order valence-corrected chi connectivity index (χ1v) is 6.25. The summed E-state index contributed by atoms with van der Waals surface area (Å²) >= 11 is 0. The summed E-state index contributed by atoms with van der Waals surface area (Å²) in [7, 11) is 0. The minimum absolute atomic E-state index is 0.0890. The maximum absolute atomic E-state index is 13.1. The molecule has 2 N–H and O–H groups in total. The molecule has 0 fully saturated rings. The summed E-state index contributed by atoms with van der Waals surface area (Å²) in [6.07, 6.45) is 1.79. The quantitative estimate of drug-likeness (QED) is 0.754. The lowest BCUT2D eigenvalue weighted by Gasteiger charge is -2.07. The maximum atomic E-state index is 13.1. The van der Waals surface area contributed by atoms with Gasteiger partial charge in [-0.05, 0) is 42.5 Å². The molecule has 1 aromatic heterocycles. The molecule has 1 heterocycles.